The number of nitrogens with zero attached hydrogens (tertiary/aromatic N) is 4. The lowest BCUT2D eigenvalue weighted by Gasteiger charge is -2.34. The second-order valence-electron chi connectivity index (χ2n) is 5.34. The molecule has 0 saturated carbocycles. The van der Waals surface area contributed by atoms with Gasteiger partial charge < -0.3 is 14.6 Å². The Balaban J connectivity index is 1.86. The first-order chi connectivity index (χ1) is 10.7. The minimum atomic E-state index is -0.188. The van der Waals surface area contributed by atoms with E-state index in [4.69, 9.17) is 4.74 Å². The summed E-state index contributed by atoms with van der Waals surface area (Å²) in [6.07, 6.45) is 3.48. The summed E-state index contributed by atoms with van der Waals surface area (Å²) >= 11 is 1.17. The molecule has 0 spiro atoms. The van der Waals surface area contributed by atoms with E-state index in [2.05, 4.69) is 26.5 Å². The van der Waals surface area contributed by atoms with E-state index in [9.17, 15) is 4.79 Å². The molecule has 0 aliphatic carbocycles. The third-order valence-corrected chi connectivity index (χ3v) is 4.42. The molecule has 1 atom stereocenters. The zero-order valence-corrected chi connectivity index (χ0v) is 13.5. The van der Waals surface area contributed by atoms with Gasteiger partial charge in [-0.2, -0.15) is 0 Å². The number of aromatic amines is 1. The fourth-order valence-corrected chi connectivity index (χ4v) is 3.24. The largest absolute Gasteiger partial charge is 0.377 e. The zero-order chi connectivity index (χ0) is 15.5. The molecule has 118 valence electrons. The van der Waals surface area contributed by atoms with Crippen molar-refractivity contribution in [2.45, 2.75) is 32.7 Å². The summed E-state index contributed by atoms with van der Waals surface area (Å²) in [6.45, 7) is 5.55. The van der Waals surface area contributed by atoms with Crippen LogP contribution in [0.2, 0.25) is 0 Å². The Morgan fingerprint density at radius 2 is 2.45 bits per heavy atom. The van der Waals surface area contributed by atoms with Gasteiger partial charge in [0.15, 0.2) is 0 Å². The molecule has 1 saturated heterocycles. The lowest BCUT2D eigenvalue weighted by Crippen LogP contribution is -2.43. The van der Waals surface area contributed by atoms with E-state index in [0.717, 1.165) is 30.1 Å². The first-order valence-corrected chi connectivity index (χ1v) is 8.19. The van der Waals surface area contributed by atoms with Crippen LogP contribution in [0.5, 0.6) is 0 Å². The van der Waals surface area contributed by atoms with Gasteiger partial charge in [-0.1, -0.05) is 17.8 Å². The number of nitrogens with one attached hydrogen (secondary N) is 1. The zero-order valence-electron chi connectivity index (χ0n) is 12.7. The molecule has 2 aromatic heterocycles. The van der Waals surface area contributed by atoms with Gasteiger partial charge in [-0.3, -0.25) is 4.79 Å². The molecule has 0 bridgehead atoms. The number of carbonyl (C=O) groups is 1. The van der Waals surface area contributed by atoms with E-state index in [1.54, 1.807) is 6.20 Å². The molecule has 1 aliphatic rings. The van der Waals surface area contributed by atoms with Gasteiger partial charge in [0.2, 0.25) is 0 Å². The summed E-state index contributed by atoms with van der Waals surface area (Å²) in [5, 5.41) is 4.09. The van der Waals surface area contributed by atoms with Gasteiger partial charge in [0.25, 0.3) is 5.91 Å². The third-order valence-electron chi connectivity index (χ3n) is 3.66. The predicted octanol–water partition coefficient (Wildman–Crippen LogP) is 1.74. The molecule has 0 aromatic carbocycles. The molecule has 1 N–H and O–H groups in total. The Kier molecular flexibility index (Phi) is 4.49. The molecule has 7 nitrogen and oxygen atoms in total. The Labute approximate surface area is 132 Å². The van der Waals surface area contributed by atoms with Crippen molar-refractivity contribution >= 4 is 17.4 Å². The molecule has 3 heterocycles. The number of aromatic nitrogens is 4. The van der Waals surface area contributed by atoms with Crippen molar-refractivity contribution in [1.29, 1.82) is 0 Å². The number of imidazole rings is 1. The molecule has 1 aliphatic heterocycles. The highest BCUT2D eigenvalue weighted by Gasteiger charge is 2.33. The molecule has 0 unspecified atom stereocenters. The molecule has 3 rings (SSSR count). The lowest BCUT2D eigenvalue weighted by molar-refractivity contribution is -0.00481. The molecule has 2 aromatic rings. The highest BCUT2D eigenvalue weighted by Crippen LogP contribution is 2.26. The summed E-state index contributed by atoms with van der Waals surface area (Å²) in [6, 6.07) is -0.188. The maximum absolute atomic E-state index is 12.9. The molecule has 8 heteroatoms. The average molecular weight is 321 g/mol. The first-order valence-electron chi connectivity index (χ1n) is 7.42. The van der Waals surface area contributed by atoms with Crippen LogP contribution in [0.1, 0.15) is 46.3 Å². The van der Waals surface area contributed by atoms with Crippen molar-refractivity contribution in [1.82, 2.24) is 24.5 Å². The van der Waals surface area contributed by atoms with E-state index < -0.39 is 0 Å². The highest BCUT2D eigenvalue weighted by molar-refractivity contribution is 7.08. The predicted molar refractivity (Wildman–Crippen MR) is 81.8 cm³/mol. The number of morpholine rings is 1. The second-order valence-corrected chi connectivity index (χ2v) is 6.09. The van der Waals surface area contributed by atoms with Crippen LogP contribution in [0.4, 0.5) is 0 Å². The number of carbonyl (C=O) groups excluding carboxylic acids is 1. The number of hydrogen-bond donors (Lipinski definition) is 1. The number of ether oxygens (including phenoxy) is 1. The minimum Gasteiger partial charge on any atom is -0.377 e. The maximum Gasteiger partial charge on any atom is 0.268 e. The summed E-state index contributed by atoms with van der Waals surface area (Å²) in [4.78, 5) is 22.9. The Morgan fingerprint density at radius 1 is 1.59 bits per heavy atom. The van der Waals surface area contributed by atoms with Crippen LogP contribution < -0.4 is 0 Å². The molecule has 1 fully saturated rings. The normalized spacial score (nSPS) is 18.6. The van der Waals surface area contributed by atoms with Gasteiger partial charge in [-0.05, 0) is 24.9 Å². The van der Waals surface area contributed by atoms with Crippen LogP contribution in [-0.2, 0) is 11.2 Å². The van der Waals surface area contributed by atoms with E-state index in [-0.39, 0.29) is 11.9 Å². The van der Waals surface area contributed by atoms with Crippen LogP contribution in [0.25, 0.3) is 0 Å². The monoisotopic (exact) mass is 321 g/mol. The van der Waals surface area contributed by atoms with Crippen molar-refractivity contribution in [3.63, 3.8) is 0 Å². The van der Waals surface area contributed by atoms with Gasteiger partial charge in [0, 0.05) is 18.4 Å². The van der Waals surface area contributed by atoms with E-state index in [0.29, 0.717) is 24.6 Å². The quantitative estimate of drug-likeness (QED) is 0.927. The molecular formula is C14H19N5O2S. The van der Waals surface area contributed by atoms with Crippen LogP contribution in [0.15, 0.2) is 6.20 Å². The van der Waals surface area contributed by atoms with Crippen molar-refractivity contribution in [2.75, 3.05) is 19.8 Å². The molecule has 0 radical (unpaired) electrons. The first kappa shape index (κ1) is 15.1. The SMILES string of the molecule is CCCc1nnsc1C(=O)N1CCOC[C@H]1c1ncc(C)[nH]1. The standard InChI is InChI=1S/C14H19N5O2S/c1-3-4-10-12(22-18-17-10)14(20)19-5-6-21-8-11(19)13-15-7-9(2)16-13/h7,11H,3-6,8H2,1-2H3,(H,15,16)/t11-/m0/s1. The number of aryl methyl sites for hydroxylation is 2. The fourth-order valence-electron chi connectivity index (χ4n) is 2.58. The summed E-state index contributed by atoms with van der Waals surface area (Å²) < 4.78 is 9.49. The van der Waals surface area contributed by atoms with Crippen LogP contribution >= 0.6 is 11.5 Å². The Morgan fingerprint density at radius 3 is 3.18 bits per heavy atom. The van der Waals surface area contributed by atoms with Gasteiger partial charge in [0.1, 0.15) is 16.7 Å². The molecular weight excluding hydrogens is 302 g/mol. The third kappa shape index (κ3) is 2.89. The summed E-state index contributed by atoms with van der Waals surface area (Å²) in [5.74, 6) is 0.737. The number of H-pyrrole nitrogens is 1. The van der Waals surface area contributed by atoms with Crippen LogP contribution in [-0.4, -0.2) is 50.1 Å². The number of rotatable bonds is 4. The Bertz CT molecular complexity index is 653. The number of amides is 1. The minimum absolute atomic E-state index is 0.0270. The molecule has 1 amide bonds. The smallest absolute Gasteiger partial charge is 0.268 e. The lowest BCUT2D eigenvalue weighted by atomic mass is 10.1. The van der Waals surface area contributed by atoms with E-state index >= 15 is 0 Å². The topological polar surface area (TPSA) is 84.0 Å². The fraction of sp³-hybridized carbons (Fsp3) is 0.571. The van der Waals surface area contributed by atoms with Crippen molar-refractivity contribution < 1.29 is 9.53 Å². The average Bonchev–Trinajstić information content (AvgIpc) is 3.16. The van der Waals surface area contributed by atoms with Gasteiger partial charge >= 0.3 is 0 Å². The van der Waals surface area contributed by atoms with Gasteiger partial charge in [-0.25, -0.2) is 4.98 Å². The van der Waals surface area contributed by atoms with Gasteiger partial charge in [0.05, 0.1) is 18.9 Å². The summed E-state index contributed by atoms with van der Waals surface area (Å²) in [7, 11) is 0. The van der Waals surface area contributed by atoms with Crippen LogP contribution in [0, 0.1) is 6.92 Å². The van der Waals surface area contributed by atoms with Gasteiger partial charge in [-0.15, -0.1) is 5.10 Å². The van der Waals surface area contributed by atoms with E-state index in [1.807, 2.05) is 11.8 Å². The maximum atomic E-state index is 12.9. The van der Waals surface area contributed by atoms with E-state index in [1.165, 1.54) is 11.5 Å². The van der Waals surface area contributed by atoms with Crippen molar-refractivity contribution in [3.8, 4) is 0 Å². The summed E-state index contributed by atoms with van der Waals surface area (Å²) in [5.41, 5.74) is 1.76. The number of hydrogen-bond acceptors (Lipinski definition) is 6. The Hall–Kier alpha value is -1.80. The van der Waals surface area contributed by atoms with Crippen molar-refractivity contribution in [2.24, 2.45) is 0 Å². The van der Waals surface area contributed by atoms with Crippen LogP contribution in [0.3, 0.4) is 0 Å². The second kappa shape index (κ2) is 6.53. The van der Waals surface area contributed by atoms with Crippen molar-refractivity contribution in [3.05, 3.63) is 28.3 Å². The molecule has 22 heavy (non-hydrogen) atoms. The highest BCUT2D eigenvalue weighted by atomic mass is 32.1.